The molecule has 1 aromatic heterocycles. The molecule has 2 aromatic carbocycles. The smallest absolute Gasteiger partial charge is 0.183 e. The molecule has 5 aliphatic carbocycles. The van der Waals surface area contributed by atoms with Gasteiger partial charge in [0.2, 0.25) is 0 Å². The standard InChI is InChI=1S/C30H30Cl2N2O/c1-17-2-4-23-21(8-17)12-24-28(33-34(29(23)24)26-5-3-22(31)13-25(26)32)27(35)6-7-30-14-18-9-19(15-30)11-20(10-18)16-30/h2-5,8,13,18-20H,6-7,9-12,14-16H2,1H3. The molecule has 3 nitrogen and oxygen atoms in total. The highest BCUT2D eigenvalue weighted by atomic mass is 35.5. The minimum absolute atomic E-state index is 0.186. The van der Waals surface area contributed by atoms with Gasteiger partial charge < -0.3 is 0 Å². The summed E-state index contributed by atoms with van der Waals surface area (Å²) in [6.07, 6.45) is 10.7. The van der Waals surface area contributed by atoms with Crippen LogP contribution in [0.5, 0.6) is 0 Å². The third kappa shape index (κ3) is 3.61. The Bertz CT molecular complexity index is 1340. The Kier molecular flexibility index (Phi) is 5.03. The number of aromatic nitrogens is 2. The quantitative estimate of drug-likeness (QED) is 0.256. The number of halogens is 2. The van der Waals surface area contributed by atoms with Crippen LogP contribution in [0.25, 0.3) is 16.9 Å². The highest BCUT2D eigenvalue weighted by molar-refractivity contribution is 6.35. The van der Waals surface area contributed by atoms with E-state index in [0.717, 1.165) is 53.1 Å². The number of hydrogen-bond donors (Lipinski definition) is 0. The van der Waals surface area contributed by atoms with Crippen molar-refractivity contribution in [3.8, 4) is 16.9 Å². The van der Waals surface area contributed by atoms with E-state index >= 15 is 0 Å². The first-order valence-electron chi connectivity index (χ1n) is 13.1. The average Bonchev–Trinajstić information content (AvgIpc) is 3.33. The molecule has 4 saturated carbocycles. The van der Waals surface area contributed by atoms with Gasteiger partial charge in [0.15, 0.2) is 5.78 Å². The van der Waals surface area contributed by atoms with Gasteiger partial charge in [-0.25, -0.2) is 4.68 Å². The predicted molar refractivity (Wildman–Crippen MR) is 141 cm³/mol. The Morgan fingerprint density at radius 2 is 1.74 bits per heavy atom. The van der Waals surface area contributed by atoms with Crippen molar-refractivity contribution in [3.63, 3.8) is 0 Å². The van der Waals surface area contributed by atoms with Crippen LogP contribution in [0.1, 0.15) is 78.5 Å². The highest BCUT2D eigenvalue weighted by Gasteiger charge is 2.50. The lowest BCUT2D eigenvalue weighted by atomic mass is 9.48. The van der Waals surface area contributed by atoms with Gasteiger partial charge in [0.05, 0.1) is 16.4 Å². The number of nitrogens with zero attached hydrogens (tertiary/aromatic N) is 2. The van der Waals surface area contributed by atoms with Crippen LogP contribution >= 0.6 is 23.2 Å². The molecule has 4 fully saturated rings. The van der Waals surface area contributed by atoms with Crippen LogP contribution in [0.15, 0.2) is 36.4 Å². The summed E-state index contributed by atoms with van der Waals surface area (Å²) in [5, 5.41) is 6.04. The molecule has 0 spiro atoms. The fourth-order valence-corrected chi connectivity index (χ4v) is 8.82. The first-order chi connectivity index (χ1) is 16.9. The summed E-state index contributed by atoms with van der Waals surface area (Å²) in [5.74, 6) is 2.91. The number of hydrogen-bond acceptors (Lipinski definition) is 2. The Morgan fingerprint density at radius 3 is 2.43 bits per heavy atom. The number of rotatable bonds is 5. The number of carbonyl (C=O) groups is 1. The van der Waals surface area contributed by atoms with Gasteiger partial charge >= 0.3 is 0 Å². The van der Waals surface area contributed by atoms with Gasteiger partial charge in [0, 0.05) is 29.0 Å². The van der Waals surface area contributed by atoms with E-state index in [9.17, 15) is 4.79 Å². The van der Waals surface area contributed by atoms with Crippen molar-refractivity contribution in [2.75, 3.05) is 0 Å². The second-order valence-corrected chi connectivity index (χ2v) is 12.7. The number of ketones is 1. The van der Waals surface area contributed by atoms with E-state index in [2.05, 4.69) is 25.1 Å². The van der Waals surface area contributed by atoms with E-state index in [-0.39, 0.29) is 5.78 Å². The normalized spacial score (nSPS) is 27.8. The van der Waals surface area contributed by atoms with Gasteiger partial charge in [-0.05, 0) is 98.8 Å². The Morgan fingerprint density at radius 1 is 1.03 bits per heavy atom. The van der Waals surface area contributed by atoms with E-state index < -0.39 is 0 Å². The largest absolute Gasteiger partial charge is 0.292 e. The van der Waals surface area contributed by atoms with Crippen LogP contribution in [-0.4, -0.2) is 15.6 Å². The number of fused-ring (bicyclic) bond motifs is 3. The van der Waals surface area contributed by atoms with Crippen LogP contribution in [-0.2, 0) is 6.42 Å². The third-order valence-electron chi connectivity index (χ3n) is 9.32. The number of Topliss-reactive ketones (excluding diaryl/α,β-unsaturated/α-hetero) is 1. The highest BCUT2D eigenvalue weighted by Crippen LogP contribution is 2.61. The lowest BCUT2D eigenvalue weighted by Gasteiger charge is -2.57. The second-order valence-electron chi connectivity index (χ2n) is 11.9. The molecule has 0 N–H and O–H groups in total. The maximum absolute atomic E-state index is 13.8. The van der Waals surface area contributed by atoms with Crippen LogP contribution in [0.2, 0.25) is 10.0 Å². The van der Waals surface area contributed by atoms with E-state index in [4.69, 9.17) is 28.3 Å². The summed E-state index contributed by atoms with van der Waals surface area (Å²) >= 11 is 12.8. The number of benzene rings is 2. The third-order valence-corrected chi connectivity index (χ3v) is 9.85. The fourth-order valence-electron chi connectivity index (χ4n) is 8.33. The molecule has 0 amide bonds. The fraction of sp³-hybridized carbons (Fsp3) is 0.467. The molecule has 0 atom stereocenters. The first kappa shape index (κ1) is 22.1. The van der Waals surface area contributed by atoms with E-state index in [0.29, 0.717) is 27.6 Å². The molecule has 0 aliphatic heterocycles. The molecule has 5 heteroatoms. The predicted octanol–water partition coefficient (Wildman–Crippen LogP) is 8.24. The molecule has 0 saturated heterocycles. The number of aryl methyl sites for hydroxylation is 1. The van der Waals surface area contributed by atoms with E-state index in [1.165, 1.54) is 49.7 Å². The summed E-state index contributed by atoms with van der Waals surface area (Å²) in [4.78, 5) is 13.8. The molecule has 35 heavy (non-hydrogen) atoms. The van der Waals surface area contributed by atoms with Crippen molar-refractivity contribution in [3.05, 3.63) is 68.8 Å². The molecule has 3 aromatic rings. The zero-order valence-corrected chi connectivity index (χ0v) is 21.6. The van der Waals surface area contributed by atoms with Crippen molar-refractivity contribution >= 4 is 29.0 Å². The lowest BCUT2D eigenvalue weighted by Crippen LogP contribution is -2.46. The Hall–Kier alpha value is -2.10. The number of carbonyl (C=O) groups excluding carboxylic acids is 1. The summed E-state index contributed by atoms with van der Waals surface area (Å²) in [6.45, 7) is 2.11. The maximum atomic E-state index is 13.8. The van der Waals surface area contributed by atoms with Crippen molar-refractivity contribution in [1.29, 1.82) is 0 Å². The van der Waals surface area contributed by atoms with Gasteiger partial charge in [0.25, 0.3) is 0 Å². The maximum Gasteiger partial charge on any atom is 0.183 e. The minimum atomic E-state index is 0.186. The van der Waals surface area contributed by atoms with Crippen LogP contribution < -0.4 is 0 Å². The molecule has 5 aliphatic rings. The monoisotopic (exact) mass is 504 g/mol. The van der Waals surface area contributed by atoms with Crippen molar-refractivity contribution < 1.29 is 4.79 Å². The SMILES string of the molecule is Cc1ccc2c(c1)Cc1c(C(=O)CCC34CC5CC(CC(C5)C3)C4)nn(-c3ccc(Cl)cc3Cl)c1-2. The molecular weight excluding hydrogens is 475 g/mol. The molecule has 0 unspecified atom stereocenters. The van der Waals surface area contributed by atoms with Gasteiger partial charge in [-0.15, -0.1) is 0 Å². The van der Waals surface area contributed by atoms with Gasteiger partial charge in [-0.2, -0.15) is 5.10 Å². The topological polar surface area (TPSA) is 34.9 Å². The zero-order valence-electron chi connectivity index (χ0n) is 20.1. The summed E-state index contributed by atoms with van der Waals surface area (Å²) in [7, 11) is 0. The first-order valence-corrected chi connectivity index (χ1v) is 13.8. The lowest BCUT2D eigenvalue weighted by molar-refractivity contribution is -0.0570. The van der Waals surface area contributed by atoms with Crippen molar-refractivity contribution in [2.24, 2.45) is 23.2 Å². The Balaban J connectivity index is 1.24. The molecule has 8 rings (SSSR count). The zero-order chi connectivity index (χ0) is 23.9. The molecular formula is C30H30Cl2N2O. The van der Waals surface area contributed by atoms with Crippen LogP contribution in [0, 0.1) is 30.1 Å². The van der Waals surface area contributed by atoms with Gasteiger partial charge in [-0.3, -0.25) is 4.79 Å². The molecule has 180 valence electrons. The molecule has 0 radical (unpaired) electrons. The van der Waals surface area contributed by atoms with Crippen molar-refractivity contribution in [1.82, 2.24) is 9.78 Å². The minimum Gasteiger partial charge on any atom is -0.292 e. The summed E-state index contributed by atoms with van der Waals surface area (Å²) in [6, 6.07) is 12.0. The second kappa shape index (κ2) is 7.95. The summed E-state index contributed by atoms with van der Waals surface area (Å²) < 4.78 is 1.88. The Labute approximate surface area is 216 Å². The summed E-state index contributed by atoms with van der Waals surface area (Å²) in [5.41, 5.74) is 7.47. The van der Waals surface area contributed by atoms with E-state index in [1.54, 1.807) is 6.07 Å². The van der Waals surface area contributed by atoms with Gasteiger partial charge in [0.1, 0.15) is 5.69 Å². The van der Waals surface area contributed by atoms with Crippen molar-refractivity contribution in [2.45, 2.75) is 64.7 Å². The van der Waals surface area contributed by atoms with E-state index in [1.807, 2.05) is 16.8 Å². The average molecular weight is 505 g/mol. The van der Waals surface area contributed by atoms with Crippen LogP contribution in [0.4, 0.5) is 0 Å². The van der Waals surface area contributed by atoms with Gasteiger partial charge in [-0.1, -0.05) is 47.0 Å². The molecule has 1 heterocycles. The molecule has 4 bridgehead atoms. The van der Waals surface area contributed by atoms with Crippen LogP contribution in [0.3, 0.4) is 0 Å².